The zero-order chi connectivity index (χ0) is 13.7. The molecule has 0 bridgehead atoms. The smallest absolute Gasteiger partial charge is 0.287 e. The van der Waals surface area contributed by atoms with E-state index in [0.29, 0.717) is 18.8 Å². The molecule has 6 nitrogen and oxygen atoms in total. The second-order valence-electron chi connectivity index (χ2n) is 3.72. The van der Waals surface area contributed by atoms with Crippen LogP contribution >= 0.6 is 15.9 Å². The summed E-state index contributed by atoms with van der Waals surface area (Å²) in [4.78, 5) is 25.9. The molecule has 0 spiro atoms. The van der Waals surface area contributed by atoms with Crippen molar-refractivity contribution in [2.24, 2.45) is 0 Å². The minimum atomic E-state index is -0.304. The van der Waals surface area contributed by atoms with Crippen LogP contribution in [0, 0.1) is 0 Å². The zero-order valence-electron chi connectivity index (χ0n) is 9.90. The van der Waals surface area contributed by atoms with E-state index in [4.69, 9.17) is 4.42 Å². The van der Waals surface area contributed by atoms with Crippen molar-refractivity contribution in [1.82, 2.24) is 15.6 Å². The molecule has 100 valence electrons. The fourth-order valence-electron chi connectivity index (χ4n) is 1.44. The third-order valence-electron chi connectivity index (χ3n) is 2.33. The molecule has 0 saturated carbocycles. The summed E-state index contributed by atoms with van der Waals surface area (Å²) in [6.45, 7) is 0.662. The van der Waals surface area contributed by atoms with E-state index in [1.807, 2.05) is 0 Å². The summed E-state index contributed by atoms with van der Waals surface area (Å²) in [6.07, 6.45) is 3.10. The van der Waals surface area contributed by atoms with Crippen molar-refractivity contribution in [3.8, 4) is 0 Å². The van der Waals surface area contributed by atoms with Crippen molar-refractivity contribution < 1.29 is 14.0 Å². The van der Waals surface area contributed by atoms with Crippen LogP contribution < -0.4 is 10.6 Å². The highest BCUT2D eigenvalue weighted by atomic mass is 79.9. The predicted molar refractivity (Wildman–Crippen MR) is 71.9 cm³/mol. The molecule has 0 aromatic carbocycles. The van der Waals surface area contributed by atoms with E-state index in [9.17, 15) is 9.59 Å². The minimum absolute atomic E-state index is 0.224. The summed E-state index contributed by atoms with van der Waals surface area (Å²) < 4.78 is 5.74. The molecule has 0 unspecified atom stereocenters. The van der Waals surface area contributed by atoms with Gasteiger partial charge in [0, 0.05) is 23.8 Å². The number of H-pyrrole nitrogens is 1. The maximum Gasteiger partial charge on any atom is 0.287 e. The summed E-state index contributed by atoms with van der Waals surface area (Å²) in [5.41, 5.74) is 0.462. The normalized spacial score (nSPS) is 10.2. The Bertz CT molecular complexity index is 563. The van der Waals surface area contributed by atoms with Crippen LogP contribution in [0.1, 0.15) is 21.0 Å². The van der Waals surface area contributed by atoms with Gasteiger partial charge in [0.2, 0.25) is 0 Å². The lowest BCUT2D eigenvalue weighted by Crippen LogP contribution is -2.34. The summed E-state index contributed by atoms with van der Waals surface area (Å²) in [7, 11) is 0. The van der Waals surface area contributed by atoms with Crippen LogP contribution in [0.3, 0.4) is 0 Å². The van der Waals surface area contributed by atoms with Gasteiger partial charge in [0.25, 0.3) is 11.8 Å². The molecule has 0 atom stereocenters. The first-order valence-corrected chi connectivity index (χ1v) is 6.40. The van der Waals surface area contributed by atoms with Gasteiger partial charge < -0.3 is 20.0 Å². The molecule has 0 saturated heterocycles. The van der Waals surface area contributed by atoms with E-state index in [0.717, 1.165) is 4.47 Å². The number of carbonyl (C=O) groups excluding carboxylic acids is 2. The van der Waals surface area contributed by atoms with Crippen molar-refractivity contribution in [3.05, 3.63) is 46.6 Å². The SMILES string of the molecule is O=C(NCCNC(=O)c1ccco1)c1cc(Br)c[nH]1. The lowest BCUT2D eigenvalue weighted by Gasteiger charge is -2.04. The largest absolute Gasteiger partial charge is 0.459 e. The second-order valence-corrected chi connectivity index (χ2v) is 4.64. The molecule has 2 aromatic heterocycles. The van der Waals surface area contributed by atoms with E-state index < -0.39 is 0 Å². The third-order valence-corrected chi connectivity index (χ3v) is 2.79. The van der Waals surface area contributed by atoms with Crippen LogP contribution in [-0.2, 0) is 0 Å². The van der Waals surface area contributed by atoms with Gasteiger partial charge in [-0.05, 0) is 34.1 Å². The number of hydrogen-bond donors (Lipinski definition) is 3. The first-order chi connectivity index (χ1) is 9.16. The van der Waals surface area contributed by atoms with E-state index >= 15 is 0 Å². The molecule has 2 heterocycles. The van der Waals surface area contributed by atoms with Gasteiger partial charge in [-0.1, -0.05) is 0 Å². The highest BCUT2D eigenvalue weighted by Gasteiger charge is 2.09. The number of halogens is 1. The van der Waals surface area contributed by atoms with E-state index in [1.54, 1.807) is 24.4 Å². The van der Waals surface area contributed by atoms with E-state index in [-0.39, 0.29) is 17.6 Å². The number of furan rings is 1. The summed E-state index contributed by atoms with van der Waals surface area (Å²) in [5, 5.41) is 5.31. The Morgan fingerprint density at radius 2 is 2.00 bits per heavy atom. The summed E-state index contributed by atoms with van der Waals surface area (Å²) in [5.74, 6) is -0.278. The van der Waals surface area contributed by atoms with Gasteiger partial charge in [-0.15, -0.1) is 0 Å². The molecule has 3 N–H and O–H groups in total. The van der Waals surface area contributed by atoms with Gasteiger partial charge in [-0.2, -0.15) is 0 Å². The van der Waals surface area contributed by atoms with Crippen LogP contribution in [0.5, 0.6) is 0 Å². The Kier molecular flexibility index (Phi) is 4.40. The van der Waals surface area contributed by atoms with Crippen LogP contribution in [0.2, 0.25) is 0 Å². The molecule has 19 heavy (non-hydrogen) atoms. The maximum atomic E-state index is 11.6. The number of hydrogen-bond acceptors (Lipinski definition) is 3. The fraction of sp³-hybridized carbons (Fsp3) is 0.167. The Hall–Kier alpha value is -2.02. The molecule has 0 fully saturated rings. The van der Waals surface area contributed by atoms with Gasteiger partial charge in [-0.25, -0.2) is 0 Å². The van der Waals surface area contributed by atoms with E-state index in [2.05, 4.69) is 31.5 Å². The number of rotatable bonds is 5. The molecule has 0 radical (unpaired) electrons. The lowest BCUT2D eigenvalue weighted by atomic mass is 10.4. The van der Waals surface area contributed by atoms with Gasteiger partial charge in [0.1, 0.15) is 5.69 Å². The van der Waals surface area contributed by atoms with Gasteiger partial charge in [0.15, 0.2) is 5.76 Å². The Morgan fingerprint density at radius 1 is 1.26 bits per heavy atom. The van der Waals surface area contributed by atoms with Crippen molar-refractivity contribution >= 4 is 27.7 Å². The van der Waals surface area contributed by atoms with E-state index in [1.165, 1.54) is 6.26 Å². The Labute approximate surface area is 117 Å². The van der Waals surface area contributed by atoms with Crippen LogP contribution in [0.15, 0.2) is 39.5 Å². The van der Waals surface area contributed by atoms with Crippen LogP contribution in [0.4, 0.5) is 0 Å². The molecule has 2 amide bonds. The summed E-state index contributed by atoms with van der Waals surface area (Å²) >= 11 is 3.24. The maximum absolute atomic E-state index is 11.6. The molecule has 2 rings (SSSR count). The fourth-order valence-corrected chi connectivity index (χ4v) is 1.78. The monoisotopic (exact) mass is 325 g/mol. The van der Waals surface area contributed by atoms with Crippen molar-refractivity contribution in [2.45, 2.75) is 0 Å². The Morgan fingerprint density at radius 3 is 2.58 bits per heavy atom. The quantitative estimate of drug-likeness (QED) is 0.728. The Balaban J connectivity index is 1.70. The van der Waals surface area contributed by atoms with Crippen molar-refractivity contribution in [1.29, 1.82) is 0 Å². The first-order valence-electron chi connectivity index (χ1n) is 5.60. The molecular formula is C12H12BrN3O3. The zero-order valence-corrected chi connectivity index (χ0v) is 11.5. The number of nitrogens with one attached hydrogen (secondary N) is 3. The average Bonchev–Trinajstić information content (AvgIpc) is 3.04. The number of aromatic nitrogens is 1. The molecular weight excluding hydrogens is 314 g/mol. The highest BCUT2D eigenvalue weighted by molar-refractivity contribution is 9.10. The van der Waals surface area contributed by atoms with Gasteiger partial charge in [-0.3, -0.25) is 9.59 Å². The van der Waals surface area contributed by atoms with Crippen molar-refractivity contribution in [2.75, 3.05) is 13.1 Å². The highest BCUT2D eigenvalue weighted by Crippen LogP contribution is 2.09. The first kappa shape index (κ1) is 13.4. The standard InChI is InChI=1S/C12H12BrN3O3/c13-8-6-9(16-7-8)11(17)14-3-4-15-12(18)10-2-1-5-19-10/h1-2,5-7,16H,3-4H2,(H,14,17)(H,15,18). The average molecular weight is 326 g/mol. The number of amides is 2. The third kappa shape index (κ3) is 3.72. The predicted octanol–water partition coefficient (Wildman–Crippen LogP) is 1.53. The molecule has 0 aliphatic rings. The molecule has 2 aromatic rings. The van der Waals surface area contributed by atoms with Gasteiger partial charge >= 0.3 is 0 Å². The molecule has 7 heteroatoms. The lowest BCUT2D eigenvalue weighted by molar-refractivity contribution is 0.0909. The van der Waals surface area contributed by atoms with Gasteiger partial charge in [0.05, 0.1) is 6.26 Å². The van der Waals surface area contributed by atoms with Crippen molar-refractivity contribution in [3.63, 3.8) is 0 Å². The summed E-state index contributed by atoms with van der Waals surface area (Å²) in [6, 6.07) is 4.89. The van der Waals surface area contributed by atoms with Crippen LogP contribution in [0.25, 0.3) is 0 Å². The second kappa shape index (κ2) is 6.24. The minimum Gasteiger partial charge on any atom is -0.459 e. The molecule has 0 aliphatic carbocycles. The number of aromatic amines is 1. The number of carbonyl (C=O) groups is 2. The topological polar surface area (TPSA) is 87.1 Å². The van der Waals surface area contributed by atoms with Crippen LogP contribution in [-0.4, -0.2) is 29.9 Å². The molecule has 0 aliphatic heterocycles.